The first-order valence-corrected chi connectivity index (χ1v) is 7.46. The molecule has 0 aliphatic carbocycles. The molecule has 5 heteroatoms. The monoisotopic (exact) mass is 292 g/mol. The first-order valence-electron chi connectivity index (χ1n) is 7.46. The summed E-state index contributed by atoms with van der Waals surface area (Å²) < 4.78 is 2.10. The molecule has 0 spiro atoms. The van der Waals surface area contributed by atoms with E-state index in [4.69, 9.17) is 0 Å². The molecule has 3 aromatic rings. The Morgan fingerprint density at radius 2 is 2.14 bits per heavy atom. The van der Waals surface area contributed by atoms with Crippen LogP contribution >= 0.6 is 0 Å². The lowest BCUT2D eigenvalue weighted by atomic mass is 10.1. The van der Waals surface area contributed by atoms with Gasteiger partial charge in [0.15, 0.2) is 0 Å². The first-order chi connectivity index (χ1) is 10.8. The summed E-state index contributed by atoms with van der Waals surface area (Å²) in [5, 5.41) is 4.12. The molecule has 1 aliphatic heterocycles. The average Bonchev–Trinajstić information content (AvgIpc) is 3.02. The van der Waals surface area contributed by atoms with Crippen LogP contribution in [-0.2, 0) is 13.0 Å². The Hall–Kier alpha value is -2.69. The van der Waals surface area contributed by atoms with E-state index >= 15 is 0 Å². The number of carbonyl (C=O) groups excluding carboxylic acids is 1. The number of nitrogens with one attached hydrogen (secondary N) is 1. The number of benzene rings is 1. The summed E-state index contributed by atoms with van der Waals surface area (Å²) in [7, 11) is 0. The molecule has 4 rings (SSSR count). The molecule has 1 aromatic carbocycles. The summed E-state index contributed by atoms with van der Waals surface area (Å²) in [5.74, 6) is 0.980. The quantitative estimate of drug-likeness (QED) is 0.787. The fraction of sp³-hybridized carbons (Fsp3) is 0.235. The van der Waals surface area contributed by atoms with Gasteiger partial charge in [-0.2, -0.15) is 0 Å². The Balaban J connectivity index is 1.52. The zero-order valence-corrected chi connectivity index (χ0v) is 12.1. The molecule has 0 bridgehead atoms. The van der Waals surface area contributed by atoms with Gasteiger partial charge in [0.2, 0.25) is 0 Å². The fourth-order valence-electron chi connectivity index (χ4n) is 2.94. The van der Waals surface area contributed by atoms with Crippen LogP contribution in [0.15, 0.2) is 48.8 Å². The standard InChI is InChI=1S/C17H16N4O/c22-17(15-7-5-12-3-1-2-4-14(12)20-15)19-13-6-8-16-18-9-10-21(16)11-13/h1-5,7,9-10,13H,6,8,11H2,(H,19,22)/t13-/m1/s1. The van der Waals surface area contributed by atoms with Crippen LogP contribution in [0.25, 0.3) is 10.9 Å². The molecule has 1 amide bonds. The Bertz CT molecular complexity index is 839. The van der Waals surface area contributed by atoms with Crippen molar-refractivity contribution in [2.75, 3.05) is 0 Å². The molecule has 5 nitrogen and oxygen atoms in total. The number of para-hydroxylation sites is 1. The van der Waals surface area contributed by atoms with Gasteiger partial charge < -0.3 is 9.88 Å². The molecule has 3 heterocycles. The highest BCUT2D eigenvalue weighted by Gasteiger charge is 2.21. The van der Waals surface area contributed by atoms with Crippen molar-refractivity contribution < 1.29 is 4.79 Å². The largest absolute Gasteiger partial charge is 0.346 e. The maximum Gasteiger partial charge on any atom is 0.270 e. The SMILES string of the molecule is O=C(N[C@@H]1CCc2nccn2C1)c1ccc2ccccc2n1. The van der Waals surface area contributed by atoms with E-state index in [0.717, 1.165) is 36.1 Å². The average molecular weight is 292 g/mol. The van der Waals surface area contributed by atoms with Crippen molar-refractivity contribution >= 4 is 16.8 Å². The lowest BCUT2D eigenvalue weighted by molar-refractivity contribution is 0.0923. The van der Waals surface area contributed by atoms with E-state index in [9.17, 15) is 4.79 Å². The summed E-state index contributed by atoms with van der Waals surface area (Å²) in [5.41, 5.74) is 1.31. The molecule has 0 unspecified atom stereocenters. The number of aryl methyl sites for hydroxylation is 1. The number of rotatable bonds is 2. The van der Waals surface area contributed by atoms with E-state index in [1.807, 2.05) is 42.7 Å². The van der Waals surface area contributed by atoms with E-state index in [1.165, 1.54) is 0 Å². The van der Waals surface area contributed by atoms with E-state index in [2.05, 4.69) is 19.9 Å². The van der Waals surface area contributed by atoms with Gasteiger partial charge in [0.1, 0.15) is 11.5 Å². The maximum atomic E-state index is 12.4. The second kappa shape index (κ2) is 5.26. The molecule has 1 aliphatic rings. The topological polar surface area (TPSA) is 59.8 Å². The van der Waals surface area contributed by atoms with Crippen LogP contribution in [0.2, 0.25) is 0 Å². The predicted octanol–water partition coefficient (Wildman–Crippen LogP) is 2.18. The number of aromatic nitrogens is 3. The molecule has 22 heavy (non-hydrogen) atoms. The van der Waals surface area contributed by atoms with Gasteiger partial charge in [0.25, 0.3) is 5.91 Å². The smallest absolute Gasteiger partial charge is 0.270 e. The maximum absolute atomic E-state index is 12.4. The third kappa shape index (κ3) is 2.35. The van der Waals surface area contributed by atoms with Gasteiger partial charge >= 0.3 is 0 Å². The first kappa shape index (κ1) is 13.0. The van der Waals surface area contributed by atoms with E-state index in [1.54, 1.807) is 6.07 Å². The number of nitrogens with zero attached hydrogens (tertiary/aromatic N) is 3. The summed E-state index contributed by atoms with van der Waals surface area (Å²) in [6.45, 7) is 0.772. The second-order valence-electron chi connectivity index (χ2n) is 5.59. The third-order valence-corrected chi connectivity index (χ3v) is 4.10. The molecule has 0 saturated heterocycles. The highest BCUT2D eigenvalue weighted by molar-refractivity contribution is 5.95. The van der Waals surface area contributed by atoms with Gasteiger partial charge in [0, 0.05) is 36.8 Å². The fourth-order valence-corrected chi connectivity index (χ4v) is 2.94. The van der Waals surface area contributed by atoms with E-state index in [0.29, 0.717) is 5.69 Å². The molecule has 2 aromatic heterocycles. The minimum atomic E-state index is -0.112. The number of hydrogen-bond donors (Lipinski definition) is 1. The molecule has 0 saturated carbocycles. The minimum Gasteiger partial charge on any atom is -0.346 e. The van der Waals surface area contributed by atoms with Crippen LogP contribution < -0.4 is 5.32 Å². The zero-order chi connectivity index (χ0) is 14.9. The van der Waals surface area contributed by atoms with Crippen LogP contribution in [0, 0.1) is 0 Å². The lowest BCUT2D eigenvalue weighted by Gasteiger charge is -2.24. The van der Waals surface area contributed by atoms with Crippen LogP contribution in [0.5, 0.6) is 0 Å². The highest BCUT2D eigenvalue weighted by atomic mass is 16.1. The predicted molar refractivity (Wildman–Crippen MR) is 83.5 cm³/mol. The molecular weight excluding hydrogens is 276 g/mol. The Kier molecular flexibility index (Phi) is 3.11. The van der Waals surface area contributed by atoms with Gasteiger partial charge in [-0.15, -0.1) is 0 Å². The number of imidazole rings is 1. The van der Waals surface area contributed by atoms with Crippen molar-refractivity contribution in [2.45, 2.75) is 25.4 Å². The summed E-state index contributed by atoms with van der Waals surface area (Å²) >= 11 is 0. The second-order valence-corrected chi connectivity index (χ2v) is 5.59. The van der Waals surface area contributed by atoms with E-state index in [-0.39, 0.29) is 11.9 Å². The summed E-state index contributed by atoms with van der Waals surface area (Å²) in [4.78, 5) is 21.2. The normalized spacial score (nSPS) is 17.2. The van der Waals surface area contributed by atoms with Crippen LogP contribution in [0.1, 0.15) is 22.7 Å². The molecule has 0 radical (unpaired) electrons. The van der Waals surface area contributed by atoms with Crippen LogP contribution in [0.3, 0.4) is 0 Å². The number of amides is 1. The Labute approximate surface area is 128 Å². The van der Waals surface area contributed by atoms with Crippen molar-refractivity contribution in [3.63, 3.8) is 0 Å². The summed E-state index contributed by atoms with van der Waals surface area (Å²) in [6.07, 6.45) is 5.58. The Morgan fingerprint density at radius 3 is 3.09 bits per heavy atom. The minimum absolute atomic E-state index is 0.112. The van der Waals surface area contributed by atoms with Crippen molar-refractivity contribution in [3.8, 4) is 0 Å². The molecule has 1 atom stereocenters. The van der Waals surface area contributed by atoms with Gasteiger partial charge in [-0.3, -0.25) is 4.79 Å². The van der Waals surface area contributed by atoms with Crippen molar-refractivity contribution in [1.82, 2.24) is 19.9 Å². The van der Waals surface area contributed by atoms with Crippen LogP contribution in [0.4, 0.5) is 0 Å². The Morgan fingerprint density at radius 1 is 1.23 bits per heavy atom. The number of fused-ring (bicyclic) bond motifs is 2. The molecule has 1 N–H and O–H groups in total. The van der Waals surface area contributed by atoms with Crippen molar-refractivity contribution in [3.05, 3.63) is 60.3 Å². The number of pyridine rings is 1. The number of carbonyl (C=O) groups is 1. The van der Waals surface area contributed by atoms with Gasteiger partial charge in [0.05, 0.1) is 5.52 Å². The third-order valence-electron chi connectivity index (χ3n) is 4.10. The zero-order valence-electron chi connectivity index (χ0n) is 12.1. The number of hydrogen-bond acceptors (Lipinski definition) is 3. The molecule has 0 fully saturated rings. The van der Waals surface area contributed by atoms with Gasteiger partial charge in [-0.25, -0.2) is 9.97 Å². The van der Waals surface area contributed by atoms with E-state index < -0.39 is 0 Å². The molecule has 110 valence electrons. The van der Waals surface area contributed by atoms with Crippen LogP contribution in [-0.4, -0.2) is 26.5 Å². The van der Waals surface area contributed by atoms with Crippen molar-refractivity contribution in [2.24, 2.45) is 0 Å². The van der Waals surface area contributed by atoms with Gasteiger partial charge in [-0.05, 0) is 18.6 Å². The molecular formula is C17H16N4O. The lowest BCUT2D eigenvalue weighted by Crippen LogP contribution is -2.41. The highest BCUT2D eigenvalue weighted by Crippen LogP contribution is 2.15. The van der Waals surface area contributed by atoms with Gasteiger partial charge in [-0.1, -0.05) is 24.3 Å². The summed E-state index contributed by atoms with van der Waals surface area (Å²) in [6, 6.07) is 11.7. The van der Waals surface area contributed by atoms with Crippen molar-refractivity contribution in [1.29, 1.82) is 0 Å².